The Labute approximate surface area is 95.5 Å². The van der Waals surface area contributed by atoms with E-state index < -0.39 is 5.97 Å². The van der Waals surface area contributed by atoms with Gasteiger partial charge < -0.3 is 5.11 Å². The van der Waals surface area contributed by atoms with Crippen molar-refractivity contribution in [3.63, 3.8) is 0 Å². The smallest absolute Gasteiger partial charge is 0.375 e. The summed E-state index contributed by atoms with van der Waals surface area (Å²) in [6.45, 7) is 0. The summed E-state index contributed by atoms with van der Waals surface area (Å²) >= 11 is 0. The lowest BCUT2D eigenvalue weighted by Gasteiger charge is -2.16. The van der Waals surface area contributed by atoms with Crippen molar-refractivity contribution in [1.29, 1.82) is 0 Å². The van der Waals surface area contributed by atoms with E-state index in [-0.39, 0.29) is 11.6 Å². The molecule has 3 rings (SSSR count). The van der Waals surface area contributed by atoms with Crippen LogP contribution in [0.25, 0.3) is 5.69 Å². The summed E-state index contributed by atoms with van der Waals surface area (Å²) in [5.41, 5.74) is 1.52. The molecule has 0 radical (unpaired) electrons. The lowest BCUT2D eigenvalue weighted by Crippen LogP contribution is -2.13. The second kappa shape index (κ2) is 3.38. The summed E-state index contributed by atoms with van der Waals surface area (Å²) in [5.74, 6) is -1.08. The molecule has 17 heavy (non-hydrogen) atoms. The molecule has 0 saturated carbocycles. The number of aryl methyl sites for hydroxylation is 2. The van der Waals surface area contributed by atoms with Crippen LogP contribution in [0.2, 0.25) is 0 Å². The highest BCUT2D eigenvalue weighted by molar-refractivity contribution is 5.83. The van der Waals surface area contributed by atoms with E-state index in [0.29, 0.717) is 24.4 Å². The highest BCUT2D eigenvalue weighted by atomic mass is 19.1. The standard InChI is InChI=1S/C11H8FN3O2/c12-7-2-3-8-6(5-7)1-4-9-13-10(11(16)17)14-15(8)9/h2-3,5H,1,4H2,(H,16,17). The maximum absolute atomic E-state index is 13.1. The van der Waals surface area contributed by atoms with Crippen LogP contribution in [-0.4, -0.2) is 25.8 Å². The molecule has 0 unspecified atom stereocenters. The normalized spacial score (nSPS) is 13.0. The van der Waals surface area contributed by atoms with E-state index in [1.807, 2.05) is 0 Å². The highest BCUT2D eigenvalue weighted by Gasteiger charge is 2.22. The number of carbonyl (C=O) groups is 1. The average Bonchev–Trinajstić information content (AvgIpc) is 2.72. The summed E-state index contributed by atoms with van der Waals surface area (Å²) in [6, 6.07) is 4.37. The number of benzene rings is 1. The number of carboxylic acids is 1. The van der Waals surface area contributed by atoms with Gasteiger partial charge in [-0.2, -0.15) is 0 Å². The lowest BCUT2D eigenvalue weighted by molar-refractivity contribution is 0.0683. The molecule has 86 valence electrons. The summed E-state index contributed by atoms with van der Waals surface area (Å²) in [7, 11) is 0. The van der Waals surface area contributed by atoms with Crippen molar-refractivity contribution in [3.05, 3.63) is 41.2 Å². The molecule has 0 atom stereocenters. The largest absolute Gasteiger partial charge is 0.475 e. The summed E-state index contributed by atoms with van der Waals surface area (Å²) in [4.78, 5) is 14.7. The van der Waals surface area contributed by atoms with Gasteiger partial charge >= 0.3 is 5.97 Å². The van der Waals surface area contributed by atoms with Crippen LogP contribution in [-0.2, 0) is 12.8 Å². The molecule has 1 aromatic heterocycles. The molecule has 5 nitrogen and oxygen atoms in total. The first kappa shape index (κ1) is 9.95. The van der Waals surface area contributed by atoms with E-state index >= 15 is 0 Å². The van der Waals surface area contributed by atoms with Crippen LogP contribution in [0.4, 0.5) is 4.39 Å². The van der Waals surface area contributed by atoms with E-state index in [9.17, 15) is 9.18 Å². The van der Waals surface area contributed by atoms with Gasteiger partial charge in [-0.3, -0.25) is 0 Å². The molecule has 2 heterocycles. The fraction of sp³-hybridized carbons (Fsp3) is 0.182. The lowest BCUT2D eigenvalue weighted by atomic mass is 10.0. The van der Waals surface area contributed by atoms with Gasteiger partial charge in [0.05, 0.1) is 5.69 Å². The number of fused-ring (bicyclic) bond motifs is 3. The third-order valence-corrected chi connectivity index (χ3v) is 2.75. The molecule has 0 fully saturated rings. The highest BCUT2D eigenvalue weighted by Crippen LogP contribution is 2.23. The minimum atomic E-state index is -1.16. The molecule has 1 N–H and O–H groups in total. The minimum Gasteiger partial charge on any atom is -0.475 e. The topological polar surface area (TPSA) is 68.0 Å². The van der Waals surface area contributed by atoms with Crippen molar-refractivity contribution in [2.24, 2.45) is 0 Å². The van der Waals surface area contributed by atoms with E-state index in [0.717, 1.165) is 5.56 Å². The molecule has 1 aromatic carbocycles. The molecule has 0 saturated heterocycles. The monoisotopic (exact) mass is 233 g/mol. The Bertz CT molecular complexity index is 621. The van der Waals surface area contributed by atoms with Gasteiger partial charge in [0, 0.05) is 6.42 Å². The van der Waals surface area contributed by atoms with Crippen molar-refractivity contribution in [1.82, 2.24) is 14.8 Å². The second-order valence-corrected chi connectivity index (χ2v) is 3.84. The predicted octanol–water partition coefficient (Wildman–Crippen LogP) is 1.20. The molecule has 1 aliphatic rings. The van der Waals surface area contributed by atoms with Gasteiger partial charge in [-0.1, -0.05) is 0 Å². The Kier molecular flexibility index (Phi) is 1.98. The SMILES string of the molecule is O=C(O)c1nc2n(n1)-c1ccc(F)cc1CC2. The van der Waals surface area contributed by atoms with Crippen LogP contribution < -0.4 is 0 Å². The summed E-state index contributed by atoms with van der Waals surface area (Å²) in [6.07, 6.45) is 1.21. The van der Waals surface area contributed by atoms with Crippen LogP contribution in [0, 0.1) is 5.82 Å². The predicted molar refractivity (Wildman–Crippen MR) is 55.7 cm³/mol. The number of rotatable bonds is 1. The van der Waals surface area contributed by atoms with Crippen molar-refractivity contribution in [3.8, 4) is 5.69 Å². The van der Waals surface area contributed by atoms with E-state index in [2.05, 4.69) is 10.1 Å². The molecule has 0 spiro atoms. The number of nitrogens with zero attached hydrogens (tertiary/aromatic N) is 3. The molecule has 0 aliphatic carbocycles. The Hall–Kier alpha value is -2.24. The molecule has 1 aliphatic heterocycles. The van der Waals surface area contributed by atoms with E-state index in [4.69, 9.17) is 5.11 Å². The molecule has 2 aromatic rings. The third-order valence-electron chi connectivity index (χ3n) is 2.75. The van der Waals surface area contributed by atoms with Gasteiger partial charge in [-0.05, 0) is 30.2 Å². The third kappa shape index (κ3) is 1.49. The van der Waals surface area contributed by atoms with Crippen molar-refractivity contribution >= 4 is 5.97 Å². The van der Waals surface area contributed by atoms with Crippen LogP contribution in [0.15, 0.2) is 18.2 Å². The maximum atomic E-state index is 13.1. The van der Waals surface area contributed by atoms with Crippen LogP contribution >= 0.6 is 0 Å². The summed E-state index contributed by atoms with van der Waals surface area (Å²) in [5, 5.41) is 12.7. The van der Waals surface area contributed by atoms with Crippen molar-refractivity contribution in [2.45, 2.75) is 12.8 Å². The Morgan fingerprint density at radius 3 is 3.00 bits per heavy atom. The number of carboxylic acid groups (broad SMARTS) is 1. The first-order valence-electron chi connectivity index (χ1n) is 5.13. The van der Waals surface area contributed by atoms with Crippen LogP contribution in [0.3, 0.4) is 0 Å². The van der Waals surface area contributed by atoms with Gasteiger partial charge in [0.15, 0.2) is 0 Å². The zero-order valence-electron chi connectivity index (χ0n) is 8.72. The van der Waals surface area contributed by atoms with Gasteiger partial charge in [0.1, 0.15) is 11.6 Å². The Morgan fingerprint density at radius 1 is 1.41 bits per heavy atom. The molecule has 0 amide bonds. The maximum Gasteiger partial charge on any atom is 0.375 e. The first-order valence-corrected chi connectivity index (χ1v) is 5.13. The number of hydrogen-bond donors (Lipinski definition) is 1. The average molecular weight is 233 g/mol. The number of hydrogen-bond acceptors (Lipinski definition) is 3. The van der Waals surface area contributed by atoms with Gasteiger partial charge in [0.25, 0.3) is 5.82 Å². The Balaban J connectivity index is 2.19. The zero-order valence-corrected chi connectivity index (χ0v) is 8.72. The van der Waals surface area contributed by atoms with Gasteiger partial charge in [-0.15, -0.1) is 5.10 Å². The molecule has 0 bridgehead atoms. The van der Waals surface area contributed by atoms with E-state index in [1.165, 1.54) is 16.8 Å². The van der Waals surface area contributed by atoms with Crippen LogP contribution in [0.1, 0.15) is 22.0 Å². The van der Waals surface area contributed by atoms with Crippen molar-refractivity contribution in [2.75, 3.05) is 0 Å². The van der Waals surface area contributed by atoms with E-state index in [1.54, 1.807) is 6.07 Å². The molecular formula is C11H8FN3O2. The number of halogens is 1. The fourth-order valence-electron chi connectivity index (χ4n) is 2.00. The van der Waals surface area contributed by atoms with Gasteiger partial charge in [-0.25, -0.2) is 18.9 Å². The van der Waals surface area contributed by atoms with Crippen molar-refractivity contribution < 1.29 is 14.3 Å². The quantitative estimate of drug-likeness (QED) is 0.803. The summed E-state index contributed by atoms with van der Waals surface area (Å²) < 4.78 is 14.5. The second-order valence-electron chi connectivity index (χ2n) is 3.84. The van der Waals surface area contributed by atoms with Gasteiger partial charge in [0.2, 0.25) is 0 Å². The molecule has 6 heteroatoms. The first-order chi connectivity index (χ1) is 8.15. The number of aromatic nitrogens is 3. The Morgan fingerprint density at radius 2 is 2.24 bits per heavy atom. The minimum absolute atomic E-state index is 0.225. The molecular weight excluding hydrogens is 225 g/mol. The van der Waals surface area contributed by atoms with Crippen LogP contribution in [0.5, 0.6) is 0 Å². The number of aromatic carboxylic acids is 1. The zero-order chi connectivity index (χ0) is 12.0. The fourth-order valence-corrected chi connectivity index (χ4v) is 2.00.